The van der Waals surface area contributed by atoms with E-state index in [0.29, 0.717) is 15.6 Å². The van der Waals surface area contributed by atoms with Crippen LogP contribution in [0.3, 0.4) is 0 Å². The van der Waals surface area contributed by atoms with Crippen LogP contribution in [-0.2, 0) is 0 Å². The van der Waals surface area contributed by atoms with Crippen LogP contribution >= 0.6 is 15.9 Å². The molecule has 4 nitrogen and oxygen atoms in total. The molecule has 0 saturated heterocycles. The number of carbonyl (C=O) groups is 1. The van der Waals surface area contributed by atoms with E-state index in [1.807, 2.05) is 19.1 Å². The van der Waals surface area contributed by atoms with Crippen LogP contribution < -0.4 is 4.74 Å². The lowest BCUT2D eigenvalue weighted by molar-refractivity contribution is 0.104. The molecule has 0 aliphatic heterocycles. The van der Waals surface area contributed by atoms with Crippen LogP contribution in [0.2, 0.25) is 0 Å². The lowest BCUT2D eigenvalue weighted by Gasteiger charge is -2.07. The molecule has 5 heteroatoms. The van der Waals surface area contributed by atoms with Gasteiger partial charge in [0.15, 0.2) is 11.5 Å². The number of hydrogen-bond donors (Lipinski definition) is 1. The minimum absolute atomic E-state index is 0.00948. The summed E-state index contributed by atoms with van der Waals surface area (Å²) >= 11 is 3.21. The summed E-state index contributed by atoms with van der Waals surface area (Å²) < 4.78 is 5.49. The van der Waals surface area contributed by atoms with E-state index in [-0.39, 0.29) is 22.9 Å². The van der Waals surface area contributed by atoms with E-state index in [1.165, 1.54) is 13.2 Å². The monoisotopic (exact) mass is 371 g/mol. The SMILES string of the molecule is COc1cc(/C=C(\C#N)C(=O)c2cccc(C)c2)cc(Br)c1O. The Labute approximate surface area is 142 Å². The molecule has 2 aromatic carbocycles. The Balaban J connectivity index is 2.45. The normalized spacial score (nSPS) is 11.0. The number of nitriles is 1. The van der Waals surface area contributed by atoms with Gasteiger partial charge in [-0.3, -0.25) is 4.79 Å². The van der Waals surface area contributed by atoms with Gasteiger partial charge >= 0.3 is 0 Å². The molecule has 1 N–H and O–H groups in total. The summed E-state index contributed by atoms with van der Waals surface area (Å²) in [5, 5.41) is 19.1. The van der Waals surface area contributed by atoms with E-state index in [4.69, 9.17) is 4.74 Å². The van der Waals surface area contributed by atoms with E-state index in [9.17, 15) is 15.2 Å². The van der Waals surface area contributed by atoms with Crippen molar-refractivity contribution in [1.82, 2.24) is 0 Å². The molecule has 0 aliphatic rings. The summed E-state index contributed by atoms with van der Waals surface area (Å²) in [5.74, 6) is -0.126. The second-order valence-corrected chi connectivity index (χ2v) is 5.78. The summed E-state index contributed by atoms with van der Waals surface area (Å²) in [6.45, 7) is 1.88. The zero-order valence-electron chi connectivity index (χ0n) is 12.6. The molecule has 0 fully saturated rings. The van der Waals surface area contributed by atoms with Gasteiger partial charge in [-0.1, -0.05) is 23.8 Å². The smallest absolute Gasteiger partial charge is 0.203 e. The van der Waals surface area contributed by atoms with Crippen LogP contribution in [0.4, 0.5) is 0 Å². The number of Topliss-reactive ketones (excluding diaryl/α,β-unsaturated/α-hetero) is 1. The molecule has 0 atom stereocenters. The maximum atomic E-state index is 12.5. The maximum absolute atomic E-state index is 12.5. The third-order valence-electron chi connectivity index (χ3n) is 3.23. The molecule has 23 heavy (non-hydrogen) atoms. The lowest BCUT2D eigenvalue weighted by Crippen LogP contribution is -2.02. The predicted molar refractivity (Wildman–Crippen MR) is 91.5 cm³/mol. The molecule has 0 saturated carbocycles. The first-order valence-corrected chi connectivity index (χ1v) is 7.55. The number of halogens is 1. The van der Waals surface area contributed by atoms with Gasteiger partial charge in [0, 0.05) is 5.56 Å². The Kier molecular flexibility index (Phi) is 5.20. The van der Waals surface area contributed by atoms with Crippen molar-refractivity contribution < 1.29 is 14.6 Å². The van der Waals surface area contributed by atoms with E-state index >= 15 is 0 Å². The van der Waals surface area contributed by atoms with Crippen molar-refractivity contribution in [3.8, 4) is 17.6 Å². The number of hydrogen-bond acceptors (Lipinski definition) is 4. The average molecular weight is 372 g/mol. The van der Waals surface area contributed by atoms with E-state index < -0.39 is 0 Å². The molecule has 0 radical (unpaired) electrons. The number of ketones is 1. The van der Waals surface area contributed by atoms with Gasteiger partial charge in [0.05, 0.1) is 11.6 Å². The molecule has 0 heterocycles. The van der Waals surface area contributed by atoms with Gasteiger partial charge in [-0.15, -0.1) is 0 Å². The first-order valence-electron chi connectivity index (χ1n) is 6.76. The van der Waals surface area contributed by atoms with Gasteiger partial charge < -0.3 is 9.84 Å². The third kappa shape index (κ3) is 3.79. The number of aromatic hydroxyl groups is 1. The average Bonchev–Trinajstić information content (AvgIpc) is 2.55. The van der Waals surface area contributed by atoms with Crippen LogP contribution in [0.5, 0.6) is 11.5 Å². The van der Waals surface area contributed by atoms with Crippen LogP contribution in [0.15, 0.2) is 46.4 Å². The van der Waals surface area contributed by atoms with Crippen molar-refractivity contribution in [3.63, 3.8) is 0 Å². The van der Waals surface area contributed by atoms with Crippen molar-refractivity contribution in [3.05, 3.63) is 63.1 Å². The fourth-order valence-corrected chi connectivity index (χ4v) is 2.55. The summed E-state index contributed by atoms with van der Waals surface area (Å²) in [5.41, 5.74) is 1.99. The minimum atomic E-state index is -0.348. The van der Waals surface area contributed by atoms with E-state index in [0.717, 1.165) is 5.56 Å². The summed E-state index contributed by atoms with van der Waals surface area (Å²) in [6.07, 6.45) is 1.47. The number of phenolic OH excluding ortho intramolecular Hbond substituents is 1. The topological polar surface area (TPSA) is 70.3 Å². The second kappa shape index (κ2) is 7.12. The number of allylic oxidation sites excluding steroid dienone is 1. The quantitative estimate of drug-likeness (QED) is 0.495. The Morgan fingerprint density at radius 1 is 1.35 bits per heavy atom. The molecule has 0 bridgehead atoms. The molecule has 2 rings (SSSR count). The molecule has 116 valence electrons. The van der Waals surface area contributed by atoms with Crippen molar-refractivity contribution in [2.45, 2.75) is 6.92 Å². The number of phenols is 1. The molecule has 0 unspecified atom stereocenters. The van der Waals surface area contributed by atoms with Gasteiger partial charge in [0.25, 0.3) is 0 Å². The first-order chi connectivity index (χ1) is 11.0. The highest BCUT2D eigenvalue weighted by atomic mass is 79.9. The zero-order chi connectivity index (χ0) is 17.0. The molecule has 0 aliphatic carbocycles. The van der Waals surface area contributed by atoms with Crippen molar-refractivity contribution in [2.24, 2.45) is 0 Å². The first kappa shape index (κ1) is 16.8. The van der Waals surface area contributed by atoms with Crippen LogP contribution in [-0.4, -0.2) is 18.0 Å². The number of nitrogens with zero attached hydrogens (tertiary/aromatic N) is 1. The molecule has 2 aromatic rings. The summed E-state index contributed by atoms with van der Waals surface area (Å²) in [7, 11) is 1.43. The standard InChI is InChI=1S/C18H14BrNO3/c1-11-4-3-5-13(6-11)17(21)14(10-20)7-12-8-15(19)18(22)16(9-12)23-2/h3-9,22H,1-2H3/b14-7+. The van der Waals surface area contributed by atoms with Gasteiger partial charge in [-0.05, 0) is 52.7 Å². The molecule has 0 amide bonds. The largest absolute Gasteiger partial charge is 0.503 e. The van der Waals surface area contributed by atoms with Crippen molar-refractivity contribution in [1.29, 1.82) is 5.26 Å². The zero-order valence-corrected chi connectivity index (χ0v) is 14.2. The third-order valence-corrected chi connectivity index (χ3v) is 3.83. The summed E-state index contributed by atoms with van der Waals surface area (Å²) in [4.78, 5) is 12.5. The predicted octanol–water partition coefficient (Wildman–Crippen LogP) is 4.26. The molecule has 0 spiro atoms. The van der Waals surface area contributed by atoms with Crippen LogP contribution in [0.1, 0.15) is 21.5 Å². The minimum Gasteiger partial charge on any atom is -0.503 e. The second-order valence-electron chi connectivity index (χ2n) is 4.92. The van der Waals surface area contributed by atoms with Gasteiger partial charge in [-0.2, -0.15) is 5.26 Å². The highest BCUT2D eigenvalue weighted by Crippen LogP contribution is 2.35. The number of aryl methyl sites for hydroxylation is 1. The number of ether oxygens (including phenoxy) is 1. The maximum Gasteiger partial charge on any atom is 0.203 e. The van der Waals surface area contributed by atoms with Gasteiger partial charge in [-0.25, -0.2) is 0 Å². The highest BCUT2D eigenvalue weighted by Gasteiger charge is 2.14. The number of carbonyl (C=O) groups excluding carboxylic acids is 1. The van der Waals surface area contributed by atoms with Gasteiger partial charge in [0.1, 0.15) is 11.6 Å². The van der Waals surface area contributed by atoms with E-state index in [1.54, 1.807) is 30.3 Å². The van der Waals surface area contributed by atoms with E-state index in [2.05, 4.69) is 15.9 Å². The number of methoxy groups -OCH3 is 1. The van der Waals surface area contributed by atoms with Crippen molar-refractivity contribution >= 4 is 27.8 Å². The lowest BCUT2D eigenvalue weighted by atomic mass is 10.0. The van der Waals surface area contributed by atoms with Gasteiger partial charge in [0.2, 0.25) is 5.78 Å². The summed E-state index contributed by atoms with van der Waals surface area (Å²) in [6, 6.07) is 12.2. The Hall–Kier alpha value is -2.58. The molecular formula is C18H14BrNO3. The number of rotatable bonds is 4. The fourth-order valence-electron chi connectivity index (χ4n) is 2.09. The van der Waals surface area contributed by atoms with Crippen LogP contribution in [0, 0.1) is 18.3 Å². The Morgan fingerprint density at radius 2 is 2.09 bits per heavy atom. The van der Waals surface area contributed by atoms with Crippen LogP contribution in [0.25, 0.3) is 6.08 Å². The Bertz CT molecular complexity index is 835. The highest BCUT2D eigenvalue weighted by molar-refractivity contribution is 9.10. The van der Waals surface area contributed by atoms with Crippen molar-refractivity contribution in [2.75, 3.05) is 7.11 Å². The molecular weight excluding hydrogens is 358 g/mol. The number of benzene rings is 2. The Morgan fingerprint density at radius 3 is 2.70 bits per heavy atom. The fraction of sp³-hybridized carbons (Fsp3) is 0.111. The molecule has 0 aromatic heterocycles.